The molecule has 132 valence electrons. The minimum atomic E-state index is -3.24. The Morgan fingerprint density at radius 1 is 1.04 bits per heavy atom. The molecule has 0 N–H and O–H groups in total. The molecule has 25 heavy (non-hydrogen) atoms. The van der Waals surface area contributed by atoms with Crippen LogP contribution in [0.3, 0.4) is 0 Å². The molecule has 0 spiro atoms. The van der Waals surface area contributed by atoms with Crippen LogP contribution in [0.5, 0.6) is 5.75 Å². The van der Waals surface area contributed by atoms with Crippen LogP contribution in [0.2, 0.25) is 0 Å². The van der Waals surface area contributed by atoms with Crippen LogP contribution in [0.1, 0.15) is 30.1 Å². The van der Waals surface area contributed by atoms with Crippen molar-refractivity contribution in [2.45, 2.75) is 36.3 Å². The molecule has 4 nitrogen and oxygen atoms in total. The summed E-state index contributed by atoms with van der Waals surface area (Å²) in [5, 5.41) is 0. The van der Waals surface area contributed by atoms with E-state index in [4.69, 9.17) is 4.74 Å². The SMILES string of the molecule is CS(=O)(=O)c1cccc(O[C@H]2c3ccccc3C[C@@H]2N2CCCC2)c1. The molecule has 4 rings (SSSR count). The van der Waals surface area contributed by atoms with Crippen molar-refractivity contribution in [3.8, 4) is 5.75 Å². The summed E-state index contributed by atoms with van der Waals surface area (Å²) in [5.41, 5.74) is 2.56. The molecule has 0 bridgehead atoms. The molecule has 0 radical (unpaired) electrons. The van der Waals surface area contributed by atoms with E-state index in [1.165, 1.54) is 30.2 Å². The predicted molar refractivity (Wildman–Crippen MR) is 97.7 cm³/mol. The van der Waals surface area contributed by atoms with Crippen LogP contribution < -0.4 is 4.74 Å². The highest BCUT2D eigenvalue weighted by atomic mass is 32.2. The van der Waals surface area contributed by atoms with Gasteiger partial charge in [-0.2, -0.15) is 0 Å². The van der Waals surface area contributed by atoms with Crippen LogP contribution >= 0.6 is 0 Å². The number of fused-ring (bicyclic) bond motifs is 1. The Balaban J connectivity index is 1.66. The van der Waals surface area contributed by atoms with Crippen molar-refractivity contribution in [1.29, 1.82) is 0 Å². The topological polar surface area (TPSA) is 46.6 Å². The number of hydrogen-bond donors (Lipinski definition) is 0. The minimum Gasteiger partial charge on any atom is -0.484 e. The number of nitrogens with zero attached hydrogens (tertiary/aromatic N) is 1. The van der Waals surface area contributed by atoms with Crippen LogP contribution in [0, 0.1) is 0 Å². The summed E-state index contributed by atoms with van der Waals surface area (Å²) < 4.78 is 30.0. The van der Waals surface area contributed by atoms with E-state index in [1.807, 2.05) is 6.07 Å². The van der Waals surface area contributed by atoms with Crippen molar-refractivity contribution in [2.24, 2.45) is 0 Å². The molecule has 0 aromatic heterocycles. The lowest BCUT2D eigenvalue weighted by molar-refractivity contribution is 0.0939. The van der Waals surface area contributed by atoms with E-state index in [-0.39, 0.29) is 6.10 Å². The highest BCUT2D eigenvalue weighted by Crippen LogP contribution is 2.39. The van der Waals surface area contributed by atoms with Gasteiger partial charge in [-0.1, -0.05) is 30.3 Å². The van der Waals surface area contributed by atoms with Crippen LogP contribution in [0.4, 0.5) is 0 Å². The van der Waals surface area contributed by atoms with Gasteiger partial charge in [0.1, 0.15) is 11.9 Å². The van der Waals surface area contributed by atoms with Crippen LogP contribution in [0.25, 0.3) is 0 Å². The van der Waals surface area contributed by atoms with Gasteiger partial charge in [0.2, 0.25) is 0 Å². The van der Waals surface area contributed by atoms with Gasteiger partial charge in [-0.25, -0.2) is 8.42 Å². The van der Waals surface area contributed by atoms with Gasteiger partial charge in [0.15, 0.2) is 9.84 Å². The second kappa shape index (κ2) is 6.46. The number of ether oxygens (including phenoxy) is 1. The molecule has 2 aromatic carbocycles. The van der Waals surface area contributed by atoms with Crippen molar-refractivity contribution < 1.29 is 13.2 Å². The van der Waals surface area contributed by atoms with Crippen molar-refractivity contribution in [3.63, 3.8) is 0 Å². The second-order valence-electron chi connectivity index (χ2n) is 7.00. The number of benzene rings is 2. The largest absolute Gasteiger partial charge is 0.484 e. The molecule has 2 atom stereocenters. The van der Waals surface area contributed by atoms with Crippen LogP contribution in [-0.4, -0.2) is 38.7 Å². The van der Waals surface area contributed by atoms with Crippen molar-refractivity contribution >= 4 is 9.84 Å². The Bertz CT molecular complexity index is 872. The quantitative estimate of drug-likeness (QED) is 0.843. The van der Waals surface area contributed by atoms with Crippen molar-refractivity contribution in [2.75, 3.05) is 19.3 Å². The molecular weight excluding hydrogens is 334 g/mol. The number of sulfone groups is 1. The lowest BCUT2D eigenvalue weighted by Gasteiger charge is -2.30. The number of hydrogen-bond acceptors (Lipinski definition) is 4. The van der Waals surface area contributed by atoms with E-state index in [0.717, 1.165) is 19.5 Å². The van der Waals surface area contributed by atoms with Gasteiger partial charge in [0, 0.05) is 6.26 Å². The smallest absolute Gasteiger partial charge is 0.175 e. The highest BCUT2D eigenvalue weighted by Gasteiger charge is 2.38. The lowest BCUT2D eigenvalue weighted by atomic mass is 10.1. The first kappa shape index (κ1) is 16.6. The summed E-state index contributed by atoms with van der Waals surface area (Å²) in [6.45, 7) is 2.23. The number of rotatable bonds is 4. The molecule has 2 aliphatic rings. The average Bonchev–Trinajstić information content (AvgIpc) is 3.23. The fourth-order valence-corrected chi connectivity index (χ4v) is 4.65. The average molecular weight is 357 g/mol. The summed E-state index contributed by atoms with van der Waals surface area (Å²) in [6.07, 6.45) is 4.65. The summed E-state index contributed by atoms with van der Waals surface area (Å²) >= 11 is 0. The van der Waals surface area contributed by atoms with E-state index in [9.17, 15) is 8.42 Å². The molecule has 0 unspecified atom stereocenters. The summed E-state index contributed by atoms with van der Waals surface area (Å²) in [5.74, 6) is 0.619. The third-order valence-corrected chi connectivity index (χ3v) is 6.36. The van der Waals surface area contributed by atoms with Gasteiger partial charge in [-0.15, -0.1) is 0 Å². The normalized spacial score (nSPS) is 23.6. The van der Waals surface area contributed by atoms with Crippen molar-refractivity contribution in [1.82, 2.24) is 4.90 Å². The van der Waals surface area contributed by atoms with Crippen LogP contribution in [-0.2, 0) is 16.3 Å². The van der Waals surface area contributed by atoms with Crippen LogP contribution in [0.15, 0.2) is 53.4 Å². The maximum absolute atomic E-state index is 11.8. The Hall–Kier alpha value is -1.85. The zero-order valence-corrected chi connectivity index (χ0v) is 15.2. The van der Waals surface area contributed by atoms with E-state index >= 15 is 0 Å². The Morgan fingerprint density at radius 3 is 2.56 bits per heavy atom. The van der Waals surface area contributed by atoms with Gasteiger partial charge in [0.05, 0.1) is 10.9 Å². The van der Waals surface area contributed by atoms with E-state index in [0.29, 0.717) is 16.7 Å². The highest BCUT2D eigenvalue weighted by molar-refractivity contribution is 7.90. The molecule has 2 aromatic rings. The summed E-state index contributed by atoms with van der Waals surface area (Å²) in [4.78, 5) is 2.82. The first-order valence-electron chi connectivity index (χ1n) is 8.81. The predicted octanol–water partition coefficient (Wildman–Crippen LogP) is 3.23. The molecule has 1 saturated heterocycles. The second-order valence-corrected chi connectivity index (χ2v) is 9.01. The van der Waals surface area contributed by atoms with Gasteiger partial charge in [-0.05, 0) is 61.7 Å². The fourth-order valence-electron chi connectivity index (χ4n) is 4.00. The molecule has 1 aliphatic carbocycles. The first-order valence-corrected chi connectivity index (χ1v) is 10.7. The molecule has 0 saturated carbocycles. The maximum atomic E-state index is 11.8. The fraction of sp³-hybridized carbons (Fsp3) is 0.400. The maximum Gasteiger partial charge on any atom is 0.175 e. The molecule has 0 amide bonds. The Kier molecular flexibility index (Phi) is 4.29. The first-order chi connectivity index (χ1) is 12.0. The number of likely N-dealkylation sites (tertiary alicyclic amines) is 1. The van der Waals surface area contributed by atoms with Gasteiger partial charge >= 0.3 is 0 Å². The Labute approximate surface area is 149 Å². The van der Waals surface area contributed by atoms with E-state index in [1.54, 1.807) is 18.2 Å². The molecule has 5 heteroatoms. The van der Waals surface area contributed by atoms with E-state index in [2.05, 4.69) is 29.2 Å². The third-order valence-electron chi connectivity index (χ3n) is 5.25. The third kappa shape index (κ3) is 3.31. The minimum absolute atomic E-state index is 0.0517. The summed E-state index contributed by atoms with van der Waals surface area (Å²) in [6, 6.07) is 15.6. The Morgan fingerprint density at radius 2 is 1.80 bits per heavy atom. The lowest BCUT2D eigenvalue weighted by Crippen LogP contribution is -2.38. The van der Waals surface area contributed by atoms with Gasteiger partial charge in [0.25, 0.3) is 0 Å². The molecular formula is C20H23NO3S. The molecule has 1 fully saturated rings. The van der Waals surface area contributed by atoms with E-state index < -0.39 is 9.84 Å². The zero-order chi connectivity index (χ0) is 17.4. The molecule has 1 aliphatic heterocycles. The molecule has 1 heterocycles. The summed E-state index contributed by atoms with van der Waals surface area (Å²) in [7, 11) is -3.24. The zero-order valence-electron chi connectivity index (χ0n) is 14.4. The standard InChI is InChI=1S/C20H23NO3S/c1-25(22,23)17-9-6-8-16(14-17)24-20-18-10-3-2-7-15(18)13-19(20)21-11-4-5-12-21/h2-3,6-10,14,19-20H,4-5,11-13H2,1H3/t19-,20-/m0/s1. The van der Waals surface area contributed by atoms with Gasteiger partial charge in [-0.3, -0.25) is 4.90 Å². The van der Waals surface area contributed by atoms with Gasteiger partial charge < -0.3 is 4.74 Å². The monoisotopic (exact) mass is 357 g/mol. The van der Waals surface area contributed by atoms with Crippen molar-refractivity contribution in [3.05, 3.63) is 59.7 Å².